The lowest BCUT2D eigenvalue weighted by atomic mass is 10.2. The number of carbonyl (C=O) groups is 1. The molecule has 0 atom stereocenters. The summed E-state index contributed by atoms with van der Waals surface area (Å²) >= 11 is 3.00. The SMILES string of the molecule is O=C1CCN(c2c(F)cc(Br)cc2F)C1. The van der Waals surface area contributed by atoms with Crippen molar-refractivity contribution in [2.24, 2.45) is 0 Å². The van der Waals surface area contributed by atoms with Gasteiger partial charge in [0.25, 0.3) is 0 Å². The van der Waals surface area contributed by atoms with Crippen molar-refractivity contribution < 1.29 is 13.6 Å². The summed E-state index contributed by atoms with van der Waals surface area (Å²) in [5.41, 5.74) is -0.107. The van der Waals surface area contributed by atoms with Crippen LogP contribution in [0.4, 0.5) is 14.5 Å². The normalized spacial score (nSPS) is 16.2. The van der Waals surface area contributed by atoms with Crippen LogP contribution >= 0.6 is 15.9 Å². The smallest absolute Gasteiger partial charge is 0.153 e. The van der Waals surface area contributed by atoms with E-state index in [0.717, 1.165) is 0 Å². The van der Waals surface area contributed by atoms with Crippen LogP contribution in [-0.2, 0) is 4.79 Å². The summed E-state index contributed by atoms with van der Waals surface area (Å²) in [6.45, 7) is 0.476. The minimum Gasteiger partial charge on any atom is -0.359 e. The number of nitrogens with zero attached hydrogens (tertiary/aromatic N) is 1. The molecule has 1 aromatic rings. The zero-order valence-corrected chi connectivity index (χ0v) is 9.35. The Bertz CT molecular complexity index is 399. The van der Waals surface area contributed by atoms with Crippen molar-refractivity contribution in [3.05, 3.63) is 28.2 Å². The predicted molar refractivity (Wildman–Crippen MR) is 55.9 cm³/mol. The van der Waals surface area contributed by atoms with E-state index in [1.54, 1.807) is 0 Å². The summed E-state index contributed by atoms with van der Waals surface area (Å²) in [5, 5.41) is 0. The molecule has 0 N–H and O–H groups in total. The van der Waals surface area contributed by atoms with Crippen LogP contribution in [0, 0.1) is 11.6 Å². The van der Waals surface area contributed by atoms with Gasteiger partial charge < -0.3 is 4.90 Å². The molecule has 1 aliphatic rings. The topological polar surface area (TPSA) is 20.3 Å². The lowest BCUT2D eigenvalue weighted by Gasteiger charge is -2.18. The van der Waals surface area contributed by atoms with Gasteiger partial charge in [-0.3, -0.25) is 4.79 Å². The molecule has 1 aromatic carbocycles. The third kappa shape index (κ3) is 2.02. The molecule has 1 fully saturated rings. The summed E-state index contributed by atoms with van der Waals surface area (Å²) in [5.74, 6) is -1.27. The fourth-order valence-corrected chi connectivity index (χ4v) is 2.06. The molecule has 80 valence electrons. The van der Waals surface area contributed by atoms with Crippen molar-refractivity contribution in [2.75, 3.05) is 18.0 Å². The van der Waals surface area contributed by atoms with Crippen molar-refractivity contribution >= 4 is 27.4 Å². The van der Waals surface area contributed by atoms with Crippen LogP contribution in [0.2, 0.25) is 0 Å². The van der Waals surface area contributed by atoms with Gasteiger partial charge in [-0.25, -0.2) is 8.78 Å². The van der Waals surface area contributed by atoms with E-state index in [4.69, 9.17) is 0 Å². The first-order valence-electron chi connectivity index (χ1n) is 4.49. The largest absolute Gasteiger partial charge is 0.359 e. The number of hydrogen-bond donors (Lipinski definition) is 0. The van der Waals surface area contributed by atoms with E-state index in [-0.39, 0.29) is 18.0 Å². The zero-order valence-electron chi connectivity index (χ0n) is 7.77. The maximum atomic E-state index is 13.5. The van der Waals surface area contributed by atoms with Crippen LogP contribution in [0.5, 0.6) is 0 Å². The first kappa shape index (κ1) is 10.5. The van der Waals surface area contributed by atoms with Gasteiger partial charge in [0.05, 0.1) is 6.54 Å². The molecule has 0 unspecified atom stereocenters. The maximum absolute atomic E-state index is 13.5. The highest BCUT2D eigenvalue weighted by atomic mass is 79.9. The molecule has 1 saturated heterocycles. The third-order valence-electron chi connectivity index (χ3n) is 2.33. The van der Waals surface area contributed by atoms with E-state index >= 15 is 0 Å². The van der Waals surface area contributed by atoms with E-state index in [2.05, 4.69) is 15.9 Å². The van der Waals surface area contributed by atoms with Gasteiger partial charge in [0.1, 0.15) is 5.69 Å². The fourth-order valence-electron chi connectivity index (χ4n) is 1.66. The monoisotopic (exact) mass is 275 g/mol. The van der Waals surface area contributed by atoms with Crippen molar-refractivity contribution in [1.29, 1.82) is 0 Å². The molecule has 0 radical (unpaired) electrons. The molecule has 2 nitrogen and oxygen atoms in total. The number of hydrogen-bond acceptors (Lipinski definition) is 2. The second-order valence-corrected chi connectivity index (χ2v) is 4.34. The van der Waals surface area contributed by atoms with Gasteiger partial charge in [0.2, 0.25) is 0 Å². The van der Waals surface area contributed by atoms with Gasteiger partial charge in [-0.1, -0.05) is 15.9 Å². The summed E-state index contributed by atoms with van der Waals surface area (Å²) in [6, 6.07) is 2.39. The molecular weight excluding hydrogens is 268 g/mol. The van der Waals surface area contributed by atoms with Crippen molar-refractivity contribution in [2.45, 2.75) is 6.42 Å². The quantitative estimate of drug-likeness (QED) is 0.785. The molecular formula is C10H8BrF2NO. The van der Waals surface area contributed by atoms with E-state index in [1.807, 2.05) is 0 Å². The predicted octanol–water partition coefficient (Wildman–Crippen LogP) is 2.51. The highest BCUT2D eigenvalue weighted by molar-refractivity contribution is 9.10. The second-order valence-electron chi connectivity index (χ2n) is 3.43. The van der Waals surface area contributed by atoms with Crippen LogP contribution in [-0.4, -0.2) is 18.9 Å². The summed E-state index contributed by atoms with van der Waals surface area (Å²) in [6.07, 6.45) is 0.356. The first-order chi connectivity index (χ1) is 7.08. The Morgan fingerprint density at radius 1 is 1.27 bits per heavy atom. The Kier molecular flexibility index (Phi) is 2.73. The van der Waals surface area contributed by atoms with E-state index < -0.39 is 11.6 Å². The molecule has 5 heteroatoms. The van der Waals surface area contributed by atoms with Gasteiger partial charge >= 0.3 is 0 Å². The van der Waals surface area contributed by atoms with Crippen molar-refractivity contribution in [3.63, 3.8) is 0 Å². The highest BCUT2D eigenvalue weighted by Gasteiger charge is 2.25. The van der Waals surface area contributed by atoms with Gasteiger partial charge in [-0.05, 0) is 12.1 Å². The molecule has 1 heterocycles. The zero-order chi connectivity index (χ0) is 11.0. The van der Waals surface area contributed by atoms with Gasteiger partial charge in [-0.15, -0.1) is 0 Å². The highest BCUT2D eigenvalue weighted by Crippen LogP contribution is 2.28. The van der Waals surface area contributed by atoms with Gasteiger partial charge in [0.15, 0.2) is 17.4 Å². The van der Waals surface area contributed by atoms with Crippen LogP contribution in [0.15, 0.2) is 16.6 Å². The standard InChI is InChI=1S/C10H8BrF2NO/c11-6-3-8(12)10(9(13)4-6)14-2-1-7(15)5-14/h3-4H,1-2,5H2. The molecule has 0 bridgehead atoms. The number of benzene rings is 1. The van der Waals surface area contributed by atoms with Crippen LogP contribution in [0.25, 0.3) is 0 Å². The molecule has 0 spiro atoms. The maximum Gasteiger partial charge on any atom is 0.153 e. The number of ketones is 1. The van der Waals surface area contributed by atoms with E-state index in [0.29, 0.717) is 17.4 Å². The summed E-state index contributed by atoms with van der Waals surface area (Å²) in [4.78, 5) is 12.5. The third-order valence-corrected chi connectivity index (χ3v) is 2.78. The lowest BCUT2D eigenvalue weighted by Crippen LogP contribution is -2.22. The van der Waals surface area contributed by atoms with Crippen molar-refractivity contribution in [3.8, 4) is 0 Å². The Labute approximate surface area is 94.0 Å². The van der Waals surface area contributed by atoms with E-state index in [9.17, 15) is 13.6 Å². The molecule has 1 aliphatic heterocycles. The Hall–Kier alpha value is -0.970. The van der Waals surface area contributed by atoms with Gasteiger partial charge in [0, 0.05) is 17.4 Å². The van der Waals surface area contributed by atoms with Crippen LogP contribution in [0.3, 0.4) is 0 Å². The molecule has 0 aromatic heterocycles. The summed E-state index contributed by atoms with van der Waals surface area (Å²) in [7, 11) is 0. The number of rotatable bonds is 1. The fraction of sp³-hybridized carbons (Fsp3) is 0.300. The Balaban J connectivity index is 2.39. The molecule has 0 amide bonds. The minimum absolute atomic E-state index is 0.0109. The average Bonchev–Trinajstić information content (AvgIpc) is 2.49. The van der Waals surface area contributed by atoms with Gasteiger partial charge in [-0.2, -0.15) is 0 Å². The first-order valence-corrected chi connectivity index (χ1v) is 5.28. The summed E-state index contributed by atoms with van der Waals surface area (Å²) < 4.78 is 27.3. The second kappa shape index (κ2) is 3.89. The average molecular weight is 276 g/mol. The van der Waals surface area contributed by atoms with Crippen LogP contribution < -0.4 is 4.90 Å². The minimum atomic E-state index is -0.642. The Morgan fingerprint density at radius 3 is 2.33 bits per heavy atom. The van der Waals surface area contributed by atoms with E-state index in [1.165, 1.54) is 17.0 Å². The van der Waals surface area contributed by atoms with Crippen molar-refractivity contribution in [1.82, 2.24) is 0 Å². The number of anilines is 1. The number of halogens is 3. The van der Waals surface area contributed by atoms with Crippen LogP contribution in [0.1, 0.15) is 6.42 Å². The molecule has 2 rings (SSSR count). The molecule has 0 saturated carbocycles. The number of carbonyl (C=O) groups excluding carboxylic acids is 1. The molecule has 15 heavy (non-hydrogen) atoms. The Morgan fingerprint density at radius 2 is 1.87 bits per heavy atom. The lowest BCUT2D eigenvalue weighted by molar-refractivity contribution is -0.116. The molecule has 0 aliphatic carbocycles. The number of Topliss-reactive ketones (excluding diaryl/α,β-unsaturated/α-hetero) is 1.